The van der Waals surface area contributed by atoms with Crippen LogP contribution in [-0.2, 0) is 25.7 Å². The molecule has 30 heavy (non-hydrogen) atoms. The third-order valence-corrected chi connectivity index (χ3v) is 6.95. The van der Waals surface area contributed by atoms with Crippen molar-refractivity contribution in [3.8, 4) is 0 Å². The maximum absolute atomic E-state index is 12.8. The molecule has 1 aromatic carbocycles. The van der Waals surface area contributed by atoms with Crippen LogP contribution in [0.15, 0.2) is 45.8 Å². The average molecular weight is 450 g/mol. The maximum Gasteiger partial charge on any atom is 0.357 e. The topological polar surface area (TPSA) is 119 Å². The standard InChI is InChI=1S/C19H19N3O6S2/c1-3-14-16(24)21-15(19(30-17(14)21)29-9-8-20-11(2)23)18(25)28-10-12-4-6-13(7-5-12)22(26)27/h3-7,17H,8-10H2,1-2H3,(H,20,23)/b14-3+/t17-/m1/s1. The first-order valence-electron chi connectivity index (χ1n) is 9.02. The number of carbonyl (C=O) groups excluding carboxylic acids is 3. The zero-order valence-electron chi connectivity index (χ0n) is 16.2. The van der Waals surface area contributed by atoms with Crippen LogP contribution in [0.1, 0.15) is 19.4 Å². The smallest absolute Gasteiger partial charge is 0.357 e. The number of hydrogen-bond donors (Lipinski definition) is 1. The first-order valence-corrected chi connectivity index (χ1v) is 10.9. The number of nitrogens with one attached hydrogen (secondary N) is 1. The van der Waals surface area contributed by atoms with Gasteiger partial charge in [0.2, 0.25) is 5.91 Å². The molecule has 0 saturated carbocycles. The number of benzene rings is 1. The molecule has 0 bridgehead atoms. The molecule has 1 aromatic rings. The Morgan fingerprint density at radius 1 is 1.37 bits per heavy atom. The number of allylic oxidation sites excluding steroid dienone is 1. The minimum absolute atomic E-state index is 0.0502. The number of hydrogen-bond acceptors (Lipinski definition) is 8. The van der Waals surface area contributed by atoms with E-state index in [0.717, 1.165) is 0 Å². The molecule has 1 saturated heterocycles. The van der Waals surface area contributed by atoms with Gasteiger partial charge in [0.25, 0.3) is 11.6 Å². The van der Waals surface area contributed by atoms with Crippen molar-refractivity contribution >= 4 is 47.0 Å². The molecule has 0 spiro atoms. The number of β-lactam (4-membered cyclic amide) rings is 1. The summed E-state index contributed by atoms with van der Waals surface area (Å²) < 4.78 is 6.05. The number of fused-ring (bicyclic) bond motifs is 1. The molecule has 2 heterocycles. The van der Waals surface area contributed by atoms with Gasteiger partial charge < -0.3 is 10.1 Å². The summed E-state index contributed by atoms with van der Waals surface area (Å²) in [4.78, 5) is 47.9. The highest BCUT2D eigenvalue weighted by atomic mass is 32.2. The van der Waals surface area contributed by atoms with E-state index in [9.17, 15) is 24.5 Å². The maximum atomic E-state index is 12.8. The molecule has 0 aromatic heterocycles. The predicted molar refractivity (Wildman–Crippen MR) is 113 cm³/mol. The molecule has 1 fully saturated rings. The van der Waals surface area contributed by atoms with E-state index >= 15 is 0 Å². The van der Waals surface area contributed by atoms with E-state index < -0.39 is 10.9 Å². The highest BCUT2D eigenvalue weighted by molar-refractivity contribution is 8.22. The Bertz CT molecular complexity index is 958. The molecule has 2 aliphatic heterocycles. The van der Waals surface area contributed by atoms with Gasteiger partial charge in [0.05, 0.1) is 9.16 Å². The Morgan fingerprint density at radius 2 is 2.07 bits per heavy atom. The zero-order valence-corrected chi connectivity index (χ0v) is 17.9. The predicted octanol–water partition coefficient (Wildman–Crippen LogP) is 2.54. The fraction of sp³-hybridized carbons (Fsp3) is 0.316. The minimum Gasteiger partial charge on any atom is -0.456 e. The fourth-order valence-electron chi connectivity index (χ4n) is 2.87. The van der Waals surface area contributed by atoms with E-state index in [1.165, 1.54) is 59.6 Å². The number of ether oxygens (including phenoxy) is 1. The van der Waals surface area contributed by atoms with Crippen molar-refractivity contribution in [3.63, 3.8) is 0 Å². The number of amides is 2. The lowest BCUT2D eigenvalue weighted by Crippen LogP contribution is -2.51. The SMILES string of the molecule is C/C=C1\C(=O)N2C(C(=O)OCc3ccc([N+](=O)[O-])cc3)=C(SCCNC(C)=O)S[C@H]12. The molecular formula is C19H19N3O6S2. The molecule has 158 valence electrons. The number of esters is 1. The van der Waals surface area contributed by atoms with Crippen LogP contribution in [0.4, 0.5) is 5.69 Å². The number of non-ortho nitro benzene ring substituents is 1. The lowest BCUT2D eigenvalue weighted by atomic mass is 10.1. The van der Waals surface area contributed by atoms with Crippen LogP contribution < -0.4 is 5.32 Å². The van der Waals surface area contributed by atoms with Gasteiger partial charge in [-0.1, -0.05) is 17.8 Å². The van der Waals surface area contributed by atoms with Crippen LogP contribution in [0, 0.1) is 10.1 Å². The van der Waals surface area contributed by atoms with Crippen LogP contribution in [0.25, 0.3) is 0 Å². The molecule has 2 aliphatic rings. The Balaban J connectivity index is 1.69. The number of carbonyl (C=O) groups is 3. The van der Waals surface area contributed by atoms with Gasteiger partial charge >= 0.3 is 5.97 Å². The molecule has 0 unspecified atom stereocenters. The Kier molecular flexibility index (Phi) is 6.83. The lowest BCUT2D eigenvalue weighted by molar-refractivity contribution is -0.384. The first-order chi connectivity index (χ1) is 14.3. The van der Waals surface area contributed by atoms with Crippen LogP contribution in [0.2, 0.25) is 0 Å². The molecule has 9 nitrogen and oxygen atoms in total. The Labute approximate surface area is 181 Å². The molecule has 11 heteroatoms. The number of nitro benzene ring substituents is 1. The van der Waals surface area contributed by atoms with Gasteiger partial charge in [0.1, 0.15) is 12.0 Å². The van der Waals surface area contributed by atoms with E-state index in [0.29, 0.717) is 27.7 Å². The van der Waals surface area contributed by atoms with Gasteiger partial charge in [0.15, 0.2) is 5.70 Å². The molecule has 1 atom stereocenters. The van der Waals surface area contributed by atoms with Crippen molar-refractivity contribution in [2.75, 3.05) is 12.3 Å². The largest absolute Gasteiger partial charge is 0.456 e. The number of rotatable bonds is 8. The molecular weight excluding hydrogens is 430 g/mol. The average Bonchev–Trinajstić information content (AvgIpc) is 3.04. The molecule has 0 radical (unpaired) electrons. The van der Waals surface area contributed by atoms with Crippen molar-refractivity contribution in [2.24, 2.45) is 0 Å². The summed E-state index contributed by atoms with van der Waals surface area (Å²) in [5.41, 5.74) is 1.39. The minimum atomic E-state index is -0.631. The molecule has 3 rings (SSSR count). The molecule has 1 N–H and O–H groups in total. The first kappa shape index (κ1) is 21.9. The highest BCUT2D eigenvalue weighted by Gasteiger charge is 2.52. The van der Waals surface area contributed by atoms with E-state index in [-0.39, 0.29) is 35.2 Å². The second-order valence-corrected chi connectivity index (χ2v) is 8.81. The van der Waals surface area contributed by atoms with Crippen LogP contribution >= 0.6 is 23.5 Å². The summed E-state index contributed by atoms with van der Waals surface area (Å²) in [7, 11) is 0. The second kappa shape index (κ2) is 9.35. The monoisotopic (exact) mass is 449 g/mol. The normalized spacial score (nSPS) is 18.9. The quantitative estimate of drug-likeness (QED) is 0.161. The number of thioether (sulfide) groups is 2. The van der Waals surface area contributed by atoms with E-state index in [4.69, 9.17) is 4.74 Å². The van der Waals surface area contributed by atoms with Gasteiger partial charge in [-0.05, 0) is 24.6 Å². The van der Waals surface area contributed by atoms with Crippen LogP contribution in [0.3, 0.4) is 0 Å². The molecule has 2 amide bonds. The molecule has 0 aliphatic carbocycles. The number of nitro groups is 1. The number of nitrogens with zero attached hydrogens (tertiary/aromatic N) is 2. The van der Waals surface area contributed by atoms with Gasteiger partial charge in [-0.25, -0.2) is 4.79 Å². The van der Waals surface area contributed by atoms with Crippen molar-refractivity contribution in [3.05, 3.63) is 61.5 Å². The fourth-order valence-corrected chi connectivity index (χ4v) is 5.54. The summed E-state index contributed by atoms with van der Waals surface area (Å²) in [6, 6.07) is 5.71. The van der Waals surface area contributed by atoms with Gasteiger partial charge in [-0.15, -0.1) is 11.8 Å². The summed E-state index contributed by atoms with van der Waals surface area (Å²) >= 11 is 2.79. The van der Waals surface area contributed by atoms with E-state index in [2.05, 4.69) is 5.32 Å². The summed E-state index contributed by atoms with van der Waals surface area (Å²) in [5.74, 6) is -0.453. The van der Waals surface area contributed by atoms with Crippen molar-refractivity contribution in [1.82, 2.24) is 10.2 Å². The summed E-state index contributed by atoms with van der Waals surface area (Å²) in [6.45, 7) is 3.57. The highest BCUT2D eigenvalue weighted by Crippen LogP contribution is 2.52. The second-order valence-electron chi connectivity index (χ2n) is 6.36. The van der Waals surface area contributed by atoms with Crippen molar-refractivity contribution in [1.29, 1.82) is 0 Å². The van der Waals surface area contributed by atoms with Crippen molar-refractivity contribution < 1.29 is 24.0 Å². The van der Waals surface area contributed by atoms with E-state index in [1.807, 2.05) is 0 Å². The third-order valence-electron chi connectivity index (χ3n) is 4.35. The van der Waals surface area contributed by atoms with Crippen LogP contribution in [0.5, 0.6) is 0 Å². The van der Waals surface area contributed by atoms with Crippen molar-refractivity contribution in [2.45, 2.75) is 25.8 Å². The summed E-state index contributed by atoms with van der Waals surface area (Å²) in [6.07, 6.45) is 1.74. The van der Waals surface area contributed by atoms with E-state index in [1.54, 1.807) is 13.0 Å². The van der Waals surface area contributed by atoms with Gasteiger partial charge in [0, 0.05) is 36.9 Å². The van der Waals surface area contributed by atoms with Crippen LogP contribution in [-0.4, -0.2) is 45.3 Å². The lowest BCUT2D eigenvalue weighted by Gasteiger charge is -2.37. The Hall–Kier alpha value is -2.79. The zero-order chi connectivity index (χ0) is 21.8. The Morgan fingerprint density at radius 3 is 2.67 bits per heavy atom. The van der Waals surface area contributed by atoms with Gasteiger partial charge in [-0.3, -0.25) is 24.6 Å². The summed E-state index contributed by atoms with van der Waals surface area (Å²) in [5, 5.41) is 13.2. The third kappa shape index (κ3) is 4.51. The van der Waals surface area contributed by atoms with Gasteiger partial charge in [-0.2, -0.15) is 0 Å².